The highest BCUT2D eigenvalue weighted by Gasteiger charge is 2.25. The quantitative estimate of drug-likeness (QED) is 0.873. The van der Waals surface area contributed by atoms with Crippen LogP contribution in [0.4, 0.5) is 5.69 Å². The Morgan fingerprint density at radius 3 is 2.80 bits per heavy atom. The van der Waals surface area contributed by atoms with Crippen molar-refractivity contribution in [3.63, 3.8) is 0 Å². The predicted octanol–water partition coefficient (Wildman–Crippen LogP) is 3.50. The summed E-state index contributed by atoms with van der Waals surface area (Å²) in [4.78, 5) is 11.7. The van der Waals surface area contributed by atoms with Crippen LogP contribution < -0.4 is 5.32 Å². The zero-order chi connectivity index (χ0) is 10.8. The van der Waals surface area contributed by atoms with Crippen molar-refractivity contribution in [1.29, 1.82) is 0 Å². The lowest BCUT2D eigenvalue weighted by Crippen LogP contribution is -2.28. The van der Waals surface area contributed by atoms with Gasteiger partial charge >= 0.3 is 0 Å². The third-order valence-electron chi connectivity index (χ3n) is 3.00. The van der Waals surface area contributed by atoms with E-state index in [1.807, 2.05) is 25.1 Å². The summed E-state index contributed by atoms with van der Waals surface area (Å²) in [6, 6.07) is 5.86. The van der Waals surface area contributed by atoms with Gasteiger partial charge in [0, 0.05) is 16.1 Å². The second-order valence-corrected chi connectivity index (χ2v) is 4.88. The van der Waals surface area contributed by atoms with E-state index in [4.69, 9.17) is 0 Å². The Morgan fingerprint density at radius 1 is 1.47 bits per heavy atom. The summed E-state index contributed by atoms with van der Waals surface area (Å²) in [7, 11) is 0. The van der Waals surface area contributed by atoms with Crippen LogP contribution in [0, 0.1) is 12.8 Å². The highest BCUT2D eigenvalue weighted by atomic mass is 79.9. The molecule has 1 aromatic carbocycles. The molecule has 1 saturated carbocycles. The number of hydrogen-bond donors (Lipinski definition) is 1. The van der Waals surface area contributed by atoms with Crippen LogP contribution in [0.15, 0.2) is 22.7 Å². The molecule has 1 amide bonds. The number of benzene rings is 1. The zero-order valence-corrected chi connectivity index (χ0v) is 10.3. The molecular weight excluding hydrogens is 254 g/mol. The van der Waals surface area contributed by atoms with E-state index in [-0.39, 0.29) is 11.8 Å². The van der Waals surface area contributed by atoms with E-state index in [1.54, 1.807) is 0 Å². The fourth-order valence-corrected chi connectivity index (χ4v) is 2.01. The molecule has 1 aliphatic rings. The van der Waals surface area contributed by atoms with Gasteiger partial charge in [-0.25, -0.2) is 0 Å². The molecule has 0 spiro atoms. The second kappa shape index (κ2) is 4.35. The van der Waals surface area contributed by atoms with Crippen LogP contribution in [0.3, 0.4) is 0 Å². The molecule has 1 N–H and O–H groups in total. The van der Waals surface area contributed by atoms with Crippen molar-refractivity contribution in [3.05, 3.63) is 28.2 Å². The Morgan fingerprint density at radius 2 is 2.20 bits per heavy atom. The fraction of sp³-hybridized carbons (Fsp3) is 0.417. The molecule has 0 atom stereocenters. The molecule has 0 unspecified atom stereocenters. The first-order valence-electron chi connectivity index (χ1n) is 5.24. The summed E-state index contributed by atoms with van der Waals surface area (Å²) >= 11 is 3.45. The molecule has 80 valence electrons. The van der Waals surface area contributed by atoms with E-state index in [0.717, 1.165) is 28.6 Å². The minimum atomic E-state index is 0.169. The maximum absolute atomic E-state index is 11.7. The minimum Gasteiger partial charge on any atom is -0.326 e. The number of carbonyl (C=O) groups excluding carboxylic acids is 1. The Labute approximate surface area is 98.2 Å². The molecular formula is C12H14BrNO. The summed E-state index contributed by atoms with van der Waals surface area (Å²) < 4.78 is 1.04. The number of carbonyl (C=O) groups is 1. The number of hydrogen-bond acceptors (Lipinski definition) is 1. The molecule has 3 heteroatoms. The largest absolute Gasteiger partial charge is 0.326 e. The smallest absolute Gasteiger partial charge is 0.227 e. The lowest BCUT2D eigenvalue weighted by atomic mass is 9.85. The molecule has 0 radical (unpaired) electrons. The summed E-state index contributed by atoms with van der Waals surface area (Å²) in [6.45, 7) is 2.00. The molecule has 1 aromatic rings. The van der Waals surface area contributed by atoms with Crippen LogP contribution in [0.5, 0.6) is 0 Å². The maximum Gasteiger partial charge on any atom is 0.227 e. The van der Waals surface area contributed by atoms with Gasteiger partial charge in [-0.15, -0.1) is 0 Å². The summed E-state index contributed by atoms with van der Waals surface area (Å²) in [5.41, 5.74) is 2.01. The van der Waals surface area contributed by atoms with Crippen molar-refractivity contribution in [3.8, 4) is 0 Å². The van der Waals surface area contributed by atoms with Crippen LogP contribution in [-0.4, -0.2) is 5.91 Å². The van der Waals surface area contributed by atoms with Crippen LogP contribution in [0.2, 0.25) is 0 Å². The van der Waals surface area contributed by atoms with E-state index in [1.165, 1.54) is 6.42 Å². The zero-order valence-electron chi connectivity index (χ0n) is 8.72. The van der Waals surface area contributed by atoms with Gasteiger partial charge in [-0.2, -0.15) is 0 Å². The highest BCUT2D eigenvalue weighted by molar-refractivity contribution is 9.10. The van der Waals surface area contributed by atoms with Crippen LogP contribution >= 0.6 is 15.9 Å². The molecule has 1 aliphatic carbocycles. The Kier molecular flexibility index (Phi) is 3.10. The van der Waals surface area contributed by atoms with Gasteiger partial charge in [0.25, 0.3) is 0 Å². The van der Waals surface area contributed by atoms with Crippen molar-refractivity contribution >= 4 is 27.5 Å². The SMILES string of the molecule is Cc1c(Br)cccc1NC(=O)C1CCC1. The standard InChI is InChI=1S/C12H14BrNO/c1-8-10(13)6-3-7-11(8)14-12(15)9-4-2-5-9/h3,6-7,9H,2,4-5H2,1H3,(H,14,15). The summed E-state index contributed by atoms with van der Waals surface area (Å²) in [6.07, 6.45) is 3.27. The Balaban J connectivity index is 2.09. The van der Waals surface area contributed by atoms with Crippen LogP contribution in [0.25, 0.3) is 0 Å². The third-order valence-corrected chi connectivity index (χ3v) is 3.86. The first-order valence-corrected chi connectivity index (χ1v) is 6.04. The molecule has 0 bridgehead atoms. The average Bonchev–Trinajstić information content (AvgIpc) is 2.10. The van der Waals surface area contributed by atoms with Gasteiger partial charge in [-0.3, -0.25) is 4.79 Å². The van der Waals surface area contributed by atoms with Crippen molar-refractivity contribution in [2.75, 3.05) is 5.32 Å². The molecule has 0 aliphatic heterocycles. The molecule has 2 nitrogen and oxygen atoms in total. The van der Waals surface area contributed by atoms with Gasteiger partial charge in [0.05, 0.1) is 0 Å². The molecule has 0 heterocycles. The number of nitrogens with one attached hydrogen (secondary N) is 1. The maximum atomic E-state index is 11.7. The van der Waals surface area contributed by atoms with Gasteiger partial charge in [0.1, 0.15) is 0 Å². The van der Waals surface area contributed by atoms with Gasteiger partial charge in [-0.1, -0.05) is 28.4 Å². The lowest BCUT2D eigenvalue weighted by molar-refractivity contribution is -0.122. The average molecular weight is 268 g/mol. The topological polar surface area (TPSA) is 29.1 Å². The molecule has 2 rings (SSSR count). The van der Waals surface area contributed by atoms with E-state index >= 15 is 0 Å². The van der Waals surface area contributed by atoms with Crippen molar-refractivity contribution < 1.29 is 4.79 Å². The first-order chi connectivity index (χ1) is 7.18. The number of halogens is 1. The van der Waals surface area contributed by atoms with Gasteiger partial charge in [-0.05, 0) is 37.5 Å². The van der Waals surface area contributed by atoms with Crippen LogP contribution in [-0.2, 0) is 4.79 Å². The van der Waals surface area contributed by atoms with Crippen molar-refractivity contribution in [2.45, 2.75) is 26.2 Å². The highest BCUT2D eigenvalue weighted by Crippen LogP contribution is 2.29. The number of anilines is 1. The first kappa shape index (κ1) is 10.7. The summed E-state index contributed by atoms with van der Waals surface area (Å²) in [5.74, 6) is 0.408. The fourth-order valence-electron chi connectivity index (χ4n) is 1.65. The van der Waals surface area contributed by atoms with E-state index < -0.39 is 0 Å². The normalized spacial score (nSPS) is 15.9. The second-order valence-electron chi connectivity index (χ2n) is 4.03. The molecule has 15 heavy (non-hydrogen) atoms. The van der Waals surface area contributed by atoms with E-state index in [2.05, 4.69) is 21.2 Å². The molecule has 0 aromatic heterocycles. The minimum absolute atomic E-state index is 0.169. The van der Waals surface area contributed by atoms with E-state index in [9.17, 15) is 4.79 Å². The van der Waals surface area contributed by atoms with Gasteiger partial charge < -0.3 is 5.32 Å². The van der Waals surface area contributed by atoms with Gasteiger partial charge in [0.15, 0.2) is 0 Å². The lowest BCUT2D eigenvalue weighted by Gasteiger charge is -2.24. The van der Waals surface area contributed by atoms with Crippen molar-refractivity contribution in [2.24, 2.45) is 5.92 Å². The van der Waals surface area contributed by atoms with Crippen LogP contribution in [0.1, 0.15) is 24.8 Å². The Hall–Kier alpha value is -0.830. The number of amides is 1. The molecule has 1 fully saturated rings. The third kappa shape index (κ3) is 2.23. The Bertz CT molecular complexity index is 385. The van der Waals surface area contributed by atoms with Gasteiger partial charge in [0.2, 0.25) is 5.91 Å². The van der Waals surface area contributed by atoms with Crippen molar-refractivity contribution in [1.82, 2.24) is 0 Å². The summed E-state index contributed by atoms with van der Waals surface area (Å²) in [5, 5.41) is 2.98. The van der Waals surface area contributed by atoms with E-state index in [0.29, 0.717) is 0 Å². The predicted molar refractivity (Wildman–Crippen MR) is 64.8 cm³/mol. The molecule has 0 saturated heterocycles. The monoisotopic (exact) mass is 267 g/mol. The number of rotatable bonds is 2.